The van der Waals surface area contributed by atoms with Gasteiger partial charge in [0.05, 0.1) is 0 Å². The summed E-state index contributed by atoms with van der Waals surface area (Å²) in [6.45, 7) is 2.55. The van der Waals surface area contributed by atoms with Gasteiger partial charge in [-0.3, -0.25) is 0 Å². The number of hydrogen-bond acceptors (Lipinski definition) is 1. The van der Waals surface area contributed by atoms with E-state index in [4.69, 9.17) is 17.3 Å². The van der Waals surface area contributed by atoms with Crippen LogP contribution in [0.4, 0.5) is 0 Å². The fourth-order valence-electron chi connectivity index (χ4n) is 0.917. The summed E-state index contributed by atoms with van der Waals surface area (Å²) in [6.07, 6.45) is 3.87. The Kier molecular flexibility index (Phi) is 3.32. The largest absolute Gasteiger partial charge is 0.327 e. The predicted octanol–water partition coefficient (Wildman–Crippen LogP) is 2.62. The molecule has 0 radical (unpaired) electrons. The van der Waals surface area contributed by atoms with E-state index in [2.05, 4.69) is 0 Å². The van der Waals surface area contributed by atoms with Crippen molar-refractivity contribution in [3.05, 3.63) is 40.4 Å². The number of benzene rings is 1. The Labute approximate surface area is 77.8 Å². The molecule has 0 aromatic heterocycles. The SMILES string of the molecule is Cc1ccc(C=CCN)cc1Cl. The van der Waals surface area contributed by atoms with E-state index in [9.17, 15) is 0 Å². The lowest BCUT2D eigenvalue weighted by atomic mass is 10.1. The Morgan fingerprint density at radius 3 is 2.83 bits per heavy atom. The Balaban J connectivity index is 2.89. The fourth-order valence-corrected chi connectivity index (χ4v) is 1.11. The average Bonchev–Trinajstić information content (AvgIpc) is 2.07. The third-order valence-corrected chi connectivity index (χ3v) is 2.05. The molecule has 0 aliphatic carbocycles. The Morgan fingerprint density at radius 2 is 2.25 bits per heavy atom. The molecule has 0 atom stereocenters. The molecule has 2 N–H and O–H groups in total. The van der Waals surface area contributed by atoms with Crippen molar-refractivity contribution in [2.24, 2.45) is 5.73 Å². The molecule has 0 saturated heterocycles. The van der Waals surface area contributed by atoms with Crippen molar-refractivity contribution in [3.63, 3.8) is 0 Å². The molecule has 12 heavy (non-hydrogen) atoms. The van der Waals surface area contributed by atoms with Crippen molar-refractivity contribution in [1.29, 1.82) is 0 Å². The van der Waals surface area contributed by atoms with E-state index in [1.807, 2.05) is 37.3 Å². The lowest BCUT2D eigenvalue weighted by Gasteiger charge is -1.98. The zero-order chi connectivity index (χ0) is 8.97. The maximum absolute atomic E-state index is 5.93. The predicted molar refractivity (Wildman–Crippen MR) is 54.3 cm³/mol. The molecule has 1 rings (SSSR count). The van der Waals surface area contributed by atoms with Crippen LogP contribution in [0.2, 0.25) is 5.02 Å². The average molecular weight is 182 g/mol. The van der Waals surface area contributed by atoms with Crippen molar-refractivity contribution in [1.82, 2.24) is 0 Å². The Morgan fingerprint density at radius 1 is 1.50 bits per heavy atom. The molecule has 0 amide bonds. The molecule has 2 heteroatoms. The number of hydrogen-bond donors (Lipinski definition) is 1. The van der Waals surface area contributed by atoms with Crippen LogP contribution >= 0.6 is 11.6 Å². The molecule has 1 nitrogen and oxygen atoms in total. The smallest absolute Gasteiger partial charge is 0.0441 e. The summed E-state index contributed by atoms with van der Waals surface area (Å²) in [7, 11) is 0. The van der Waals surface area contributed by atoms with Crippen molar-refractivity contribution in [3.8, 4) is 0 Å². The topological polar surface area (TPSA) is 26.0 Å². The highest BCUT2D eigenvalue weighted by atomic mass is 35.5. The standard InChI is InChI=1S/C10H12ClN/c1-8-4-5-9(3-2-6-12)7-10(8)11/h2-5,7H,6,12H2,1H3. The van der Waals surface area contributed by atoms with Gasteiger partial charge in [0.15, 0.2) is 0 Å². The van der Waals surface area contributed by atoms with Crippen molar-refractivity contribution >= 4 is 17.7 Å². The molecule has 0 aliphatic rings. The van der Waals surface area contributed by atoms with Gasteiger partial charge in [0.1, 0.15) is 0 Å². The molecule has 0 bridgehead atoms. The summed E-state index contributed by atoms with van der Waals surface area (Å²) in [4.78, 5) is 0. The molecular weight excluding hydrogens is 170 g/mol. The maximum Gasteiger partial charge on any atom is 0.0441 e. The van der Waals surface area contributed by atoms with E-state index in [1.54, 1.807) is 0 Å². The van der Waals surface area contributed by atoms with Gasteiger partial charge < -0.3 is 5.73 Å². The van der Waals surface area contributed by atoms with Crippen LogP contribution in [0.25, 0.3) is 6.08 Å². The minimum absolute atomic E-state index is 0.561. The number of aryl methyl sites for hydroxylation is 1. The highest BCUT2D eigenvalue weighted by molar-refractivity contribution is 6.31. The van der Waals surface area contributed by atoms with Crippen LogP contribution < -0.4 is 5.73 Å². The molecule has 0 aliphatic heterocycles. The first-order chi connectivity index (χ1) is 5.74. The summed E-state index contributed by atoms with van der Waals surface area (Å²) in [5.41, 5.74) is 7.52. The van der Waals surface area contributed by atoms with E-state index in [1.165, 1.54) is 0 Å². The van der Waals surface area contributed by atoms with E-state index < -0.39 is 0 Å². The van der Waals surface area contributed by atoms with Gasteiger partial charge in [-0.05, 0) is 24.1 Å². The molecule has 0 spiro atoms. The first-order valence-corrected chi connectivity index (χ1v) is 4.24. The fraction of sp³-hybridized carbons (Fsp3) is 0.200. The summed E-state index contributed by atoms with van der Waals surface area (Å²) in [5.74, 6) is 0. The molecule has 0 fully saturated rings. The third kappa shape index (κ3) is 2.36. The van der Waals surface area contributed by atoms with E-state index in [0.29, 0.717) is 6.54 Å². The summed E-state index contributed by atoms with van der Waals surface area (Å²) in [6, 6.07) is 5.95. The summed E-state index contributed by atoms with van der Waals surface area (Å²) in [5, 5.41) is 0.800. The minimum Gasteiger partial charge on any atom is -0.327 e. The maximum atomic E-state index is 5.93. The molecule has 1 aromatic rings. The monoisotopic (exact) mass is 181 g/mol. The van der Waals surface area contributed by atoms with Crippen LogP contribution in [0.3, 0.4) is 0 Å². The molecule has 64 valence electrons. The van der Waals surface area contributed by atoms with Gasteiger partial charge in [0.2, 0.25) is 0 Å². The van der Waals surface area contributed by atoms with Crippen LogP contribution in [0.5, 0.6) is 0 Å². The van der Waals surface area contributed by atoms with Gasteiger partial charge >= 0.3 is 0 Å². The Bertz CT molecular complexity index is 292. The van der Waals surface area contributed by atoms with Crippen LogP contribution in [0, 0.1) is 6.92 Å². The van der Waals surface area contributed by atoms with E-state index in [-0.39, 0.29) is 0 Å². The summed E-state index contributed by atoms with van der Waals surface area (Å²) < 4.78 is 0. The number of rotatable bonds is 2. The van der Waals surface area contributed by atoms with Gasteiger partial charge in [-0.15, -0.1) is 0 Å². The van der Waals surface area contributed by atoms with Gasteiger partial charge in [0, 0.05) is 11.6 Å². The molecule has 0 heterocycles. The van der Waals surface area contributed by atoms with Crippen LogP contribution in [0.1, 0.15) is 11.1 Å². The number of nitrogens with two attached hydrogens (primary N) is 1. The normalized spacial score (nSPS) is 10.9. The van der Waals surface area contributed by atoms with Gasteiger partial charge in [-0.2, -0.15) is 0 Å². The van der Waals surface area contributed by atoms with Crippen molar-refractivity contribution < 1.29 is 0 Å². The minimum atomic E-state index is 0.561. The lowest BCUT2D eigenvalue weighted by Crippen LogP contribution is -1.91. The van der Waals surface area contributed by atoms with Crippen LogP contribution in [-0.4, -0.2) is 6.54 Å². The zero-order valence-corrected chi connectivity index (χ0v) is 7.81. The second kappa shape index (κ2) is 4.29. The lowest BCUT2D eigenvalue weighted by molar-refractivity contribution is 1.26. The van der Waals surface area contributed by atoms with Gasteiger partial charge in [-0.1, -0.05) is 35.9 Å². The quantitative estimate of drug-likeness (QED) is 0.746. The summed E-state index contributed by atoms with van der Waals surface area (Å²) >= 11 is 5.93. The van der Waals surface area contributed by atoms with Crippen LogP contribution in [-0.2, 0) is 0 Å². The van der Waals surface area contributed by atoms with Crippen molar-refractivity contribution in [2.45, 2.75) is 6.92 Å². The molecular formula is C10H12ClN. The first-order valence-electron chi connectivity index (χ1n) is 3.87. The highest BCUT2D eigenvalue weighted by Gasteiger charge is 1.93. The zero-order valence-electron chi connectivity index (χ0n) is 7.05. The second-order valence-corrected chi connectivity index (χ2v) is 3.05. The Hall–Kier alpha value is -0.790. The van der Waals surface area contributed by atoms with E-state index >= 15 is 0 Å². The molecule has 1 aromatic carbocycles. The van der Waals surface area contributed by atoms with Gasteiger partial charge in [-0.25, -0.2) is 0 Å². The molecule has 0 saturated carbocycles. The van der Waals surface area contributed by atoms with Crippen LogP contribution in [0.15, 0.2) is 24.3 Å². The number of halogens is 1. The molecule has 0 unspecified atom stereocenters. The third-order valence-electron chi connectivity index (χ3n) is 1.64. The van der Waals surface area contributed by atoms with E-state index in [0.717, 1.165) is 16.1 Å². The second-order valence-electron chi connectivity index (χ2n) is 2.65. The van der Waals surface area contributed by atoms with Gasteiger partial charge in [0.25, 0.3) is 0 Å². The van der Waals surface area contributed by atoms with Crippen molar-refractivity contribution in [2.75, 3.05) is 6.54 Å². The highest BCUT2D eigenvalue weighted by Crippen LogP contribution is 2.17. The first kappa shape index (κ1) is 9.30.